The van der Waals surface area contributed by atoms with Gasteiger partial charge in [-0.15, -0.1) is 10.2 Å². The van der Waals surface area contributed by atoms with Gasteiger partial charge in [0.2, 0.25) is 17.7 Å². The van der Waals surface area contributed by atoms with Crippen molar-refractivity contribution in [2.75, 3.05) is 7.05 Å². The standard InChI is InChI=1S/C18H18N4O2/c1-22(13-14-5-3-2-4-6-14)17(23)8-7-16-20-21-18(24-16)15-9-11-19-12-10-15/h2-6,9-12H,7-8,13H2,1H3. The Morgan fingerprint density at radius 1 is 1.08 bits per heavy atom. The van der Waals surface area contributed by atoms with Crippen LogP contribution in [0, 0.1) is 0 Å². The normalized spacial score (nSPS) is 10.5. The summed E-state index contributed by atoms with van der Waals surface area (Å²) in [7, 11) is 1.80. The highest BCUT2D eigenvalue weighted by atomic mass is 16.4. The lowest BCUT2D eigenvalue weighted by Gasteiger charge is -2.16. The number of benzene rings is 1. The van der Waals surface area contributed by atoms with Crippen molar-refractivity contribution in [3.8, 4) is 11.5 Å². The Balaban J connectivity index is 1.54. The molecule has 1 amide bonds. The summed E-state index contributed by atoms with van der Waals surface area (Å²) in [5, 5.41) is 8.01. The summed E-state index contributed by atoms with van der Waals surface area (Å²) in [5.74, 6) is 0.947. The third-order valence-corrected chi connectivity index (χ3v) is 3.64. The lowest BCUT2D eigenvalue weighted by Crippen LogP contribution is -2.26. The van der Waals surface area contributed by atoms with Crippen molar-refractivity contribution in [2.45, 2.75) is 19.4 Å². The summed E-state index contributed by atoms with van der Waals surface area (Å²) < 4.78 is 5.60. The monoisotopic (exact) mass is 322 g/mol. The number of carbonyl (C=O) groups is 1. The minimum absolute atomic E-state index is 0.0440. The van der Waals surface area contributed by atoms with E-state index in [-0.39, 0.29) is 5.91 Å². The van der Waals surface area contributed by atoms with Crippen LogP contribution >= 0.6 is 0 Å². The molecule has 0 unspecified atom stereocenters. The molecule has 1 aromatic carbocycles. The summed E-state index contributed by atoms with van der Waals surface area (Å²) in [6.07, 6.45) is 4.10. The number of rotatable bonds is 6. The van der Waals surface area contributed by atoms with Crippen LogP contribution in [0.5, 0.6) is 0 Å². The molecule has 3 aromatic rings. The zero-order valence-electron chi connectivity index (χ0n) is 13.4. The molecule has 0 aliphatic carbocycles. The maximum absolute atomic E-state index is 12.2. The first-order chi connectivity index (χ1) is 11.7. The zero-order chi connectivity index (χ0) is 16.8. The molecule has 6 heteroatoms. The number of carbonyl (C=O) groups excluding carboxylic acids is 1. The van der Waals surface area contributed by atoms with Gasteiger partial charge in [0.05, 0.1) is 0 Å². The summed E-state index contributed by atoms with van der Waals surface area (Å²) in [6.45, 7) is 0.589. The SMILES string of the molecule is CN(Cc1ccccc1)C(=O)CCc1nnc(-c2ccncc2)o1. The van der Waals surface area contributed by atoms with E-state index in [1.165, 1.54) is 0 Å². The third-order valence-electron chi connectivity index (χ3n) is 3.64. The van der Waals surface area contributed by atoms with E-state index in [2.05, 4.69) is 15.2 Å². The van der Waals surface area contributed by atoms with Crippen molar-refractivity contribution in [3.63, 3.8) is 0 Å². The Labute approximate surface area is 140 Å². The largest absolute Gasteiger partial charge is 0.421 e. The molecule has 0 aliphatic heterocycles. The number of hydrogen-bond acceptors (Lipinski definition) is 5. The van der Waals surface area contributed by atoms with Crippen molar-refractivity contribution in [2.24, 2.45) is 0 Å². The predicted molar refractivity (Wildman–Crippen MR) is 88.8 cm³/mol. The van der Waals surface area contributed by atoms with E-state index in [4.69, 9.17) is 4.42 Å². The van der Waals surface area contributed by atoms with Crippen LogP contribution in [0.25, 0.3) is 11.5 Å². The molecule has 2 heterocycles. The van der Waals surface area contributed by atoms with E-state index in [0.29, 0.717) is 31.2 Å². The smallest absolute Gasteiger partial charge is 0.247 e. The molecule has 3 rings (SSSR count). The maximum Gasteiger partial charge on any atom is 0.247 e. The zero-order valence-corrected chi connectivity index (χ0v) is 13.4. The number of hydrogen-bond donors (Lipinski definition) is 0. The Bertz CT molecular complexity index is 787. The molecule has 0 saturated carbocycles. The highest BCUT2D eigenvalue weighted by Crippen LogP contribution is 2.17. The third kappa shape index (κ3) is 4.04. The molecule has 0 bridgehead atoms. The van der Waals surface area contributed by atoms with Gasteiger partial charge in [0, 0.05) is 44.4 Å². The Hall–Kier alpha value is -3.02. The summed E-state index contributed by atoms with van der Waals surface area (Å²) in [4.78, 5) is 17.9. The summed E-state index contributed by atoms with van der Waals surface area (Å²) >= 11 is 0. The molecule has 0 atom stereocenters. The van der Waals surface area contributed by atoms with E-state index in [0.717, 1.165) is 11.1 Å². The number of amides is 1. The Morgan fingerprint density at radius 2 is 1.83 bits per heavy atom. The van der Waals surface area contributed by atoms with Crippen LogP contribution in [0.15, 0.2) is 59.3 Å². The van der Waals surface area contributed by atoms with Gasteiger partial charge in [0.25, 0.3) is 0 Å². The quantitative estimate of drug-likeness (QED) is 0.698. The van der Waals surface area contributed by atoms with Crippen LogP contribution in [0.4, 0.5) is 0 Å². The minimum atomic E-state index is 0.0440. The first-order valence-electron chi connectivity index (χ1n) is 7.73. The van der Waals surface area contributed by atoms with E-state index in [9.17, 15) is 4.79 Å². The molecule has 0 fully saturated rings. The van der Waals surface area contributed by atoms with Crippen molar-refractivity contribution < 1.29 is 9.21 Å². The molecule has 0 N–H and O–H groups in total. The second-order valence-corrected chi connectivity index (χ2v) is 5.47. The Kier molecular flexibility index (Phi) is 4.96. The second kappa shape index (κ2) is 7.50. The first kappa shape index (κ1) is 15.9. The first-order valence-corrected chi connectivity index (χ1v) is 7.73. The van der Waals surface area contributed by atoms with E-state index in [1.807, 2.05) is 30.3 Å². The maximum atomic E-state index is 12.2. The molecular weight excluding hydrogens is 304 g/mol. The van der Waals surface area contributed by atoms with Crippen molar-refractivity contribution in [1.82, 2.24) is 20.1 Å². The summed E-state index contributed by atoms with van der Waals surface area (Å²) in [5.41, 5.74) is 1.92. The molecule has 6 nitrogen and oxygen atoms in total. The summed E-state index contributed by atoms with van der Waals surface area (Å²) in [6, 6.07) is 13.5. The van der Waals surface area contributed by atoms with Crippen LogP contribution in [0.3, 0.4) is 0 Å². The van der Waals surface area contributed by atoms with Gasteiger partial charge < -0.3 is 9.32 Å². The number of aromatic nitrogens is 3. The molecule has 2 aromatic heterocycles. The highest BCUT2D eigenvalue weighted by molar-refractivity contribution is 5.76. The topological polar surface area (TPSA) is 72.1 Å². The van der Waals surface area contributed by atoms with Gasteiger partial charge in [0.1, 0.15) is 0 Å². The second-order valence-electron chi connectivity index (χ2n) is 5.47. The Morgan fingerprint density at radius 3 is 2.58 bits per heavy atom. The van der Waals surface area contributed by atoms with Crippen LogP contribution in [0.1, 0.15) is 17.9 Å². The van der Waals surface area contributed by atoms with Crippen molar-refractivity contribution >= 4 is 5.91 Å². The van der Waals surface area contributed by atoms with Gasteiger partial charge in [-0.2, -0.15) is 0 Å². The van der Waals surface area contributed by atoms with Gasteiger partial charge in [-0.05, 0) is 17.7 Å². The van der Waals surface area contributed by atoms with E-state index >= 15 is 0 Å². The van der Waals surface area contributed by atoms with Crippen LogP contribution in [-0.4, -0.2) is 33.0 Å². The van der Waals surface area contributed by atoms with Crippen LogP contribution in [-0.2, 0) is 17.8 Å². The number of pyridine rings is 1. The van der Waals surface area contributed by atoms with Gasteiger partial charge in [0.15, 0.2) is 0 Å². The van der Waals surface area contributed by atoms with Gasteiger partial charge in [-0.3, -0.25) is 9.78 Å². The fourth-order valence-electron chi connectivity index (χ4n) is 2.32. The lowest BCUT2D eigenvalue weighted by molar-refractivity contribution is -0.130. The molecule has 0 saturated heterocycles. The van der Waals surface area contributed by atoms with Gasteiger partial charge >= 0.3 is 0 Å². The van der Waals surface area contributed by atoms with Crippen molar-refractivity contribution in [3.05, 3.63) is 66.3 Å². The molecule has 0 radical (unpaired) electrons. The van der Waals surface area contributed by atoms with Crippen LogP contribution in [0.2, 0.25) is 0 Å². The van der Waals surface area contributed by atoms with E-state index < -0.39 is 0 Å². The fourth-order valence-corrected chi connectivity index (χ4v) is 2.32. The van der Waals surface area contributed by atoms with Gasteiger partial charge in [-0.1, -0.05) is 30.3 Å². The molecule has 0 aliphatic rings. The number of nitrogens with zero attached hydrogens (tertiary/aromatic N) is 4. The van der Waals surface area contributed by atoms with Gasteiger partial charge in [-0.25, -0.2) is 0 Å². The van der Waals surface area contributed by atoms with Crippen LogP contribution < -0.4 is 0 Å². The lowest BCUT2D eigenvalue weighted by atomic mass is 10.2. The number of aryl methyl sites for hydroxylation is 1. The fraction of sp³-hybridized carbons (Fsp3) is 0.222. The average molecular weight is 322 g/mol. The van der Waals surface area contributed by atoms with E-state index in [1.54, 1.807) is 36.5 Å². The molecule has 24 heavy (non-hydrogen) atoms. The minimum Gasteiger partial charge on any atom is -0.421 e. The molecular formula is C18H18N4O2. The molecule has 0 spiro atoms. The molecule has 122 valence electrons. The average Bonchev–Trinajstić information content (AvgIpc) is 3.10. The van der Waals surface area contributed by atoms with Crippen molar-refractivity contribution in [1.29, 1.82) is 0 Å². The highest BCUT2D eigenvalue weighted by Gasteiger charge is 2.13. The predicted octanol–water partition coefficient (Wildman–Crippen LogP) is 2.72.